The minimum atomic E-state index is -3.62. The van der Waals surface area contributed by atoms with E-state index in [0.717, 1.165) is 6.26 Å². The third-order valence-electron chi connectivity index (χ3n) is 5.59. The van der Waals surface area contributed by atoms with Crippen LogP contribution < -0.4 is 20.3 Å². The van der Waals surface area contributed by atoms with Gasteiger partial charge < -0.3 is 20.3 Å². The Bertz CT molecular complexity index is 1430. The Balaban J connectivity index is 1.37. The molecule has 0 unspecified atom stereocenters. The van der Waals surface area contributed by atoms with Crippen LogP contribution in [-0.4, -0.2) is 62.9 Å². The van der Waals surface area contributed by atoms with Crippen molar-refractivity contribution in [1.82, 2.24) is 14.7 Å². The first-order chi connectivity index (χ1) is 18.1. The van der Waals surface area contributed by atoms with Crippen LogP contribution in [0.3, 0.4) is 0 Å². The number of nitrogens with one attached hydrogen (secondary N) is 3. The zero-order valence-electron chi connectivity index (χ0n) is 20.8. The topological polar surface area (TPSA) is 143 Å². The Kier molecular flexibility index (Phi) is 8.17. The second-order valence-corrected chi connectivity index (χ2v) is 10.4. The van der Waals surface area contributed by atoms with E-state index in [9.17, 15) is 22.4 Å². The van der Waals surface area contributed by atoms with Crippen LogP contribution in [-0.2, 0) is 26.0 Å². The van der Waals surface area contributed by atoms with Crippen LogP contribution in [0.1, 0.15) is 11.3 Å². The highest BCUT2D eigenvalue weighted by Crippen LogP contribution is 2.25. The number of carbonyl (C=O) groups is 2. The molecule has 1 saturated heterocycles. The molecule has 11 nitrogen and oxygen atoms in total. The Hall–Kier alpha value is -4.10. The van der Waals surface area contributed by atoms with Gasteiger partial charge in [0.05, 0.1) is 31.6 Å². The normalized spacial score (nSPS) is 13.6. The smallest absolute Gasteiger partial charge is 0.323 e. The van der Waals surface area contributed by atoms with Crippen molar-refractivity contribution in [2.45, 2.75) is 13.3 Å². The van der Waals surface area contributed by atoms with E-state index in [1.165, 1.54) is 0 Å². The SMILES string of the molecule is Cc1nc(-c2ccc(NC(=O)Nc3ccc(CC(=O)NS(C)(=O)=O)cc3)cc2)nc(N2CCOCC2)c1F. The summed E-state index contributed by atoms with van der Waals surface area (Å²) in [5, 5.41) is 5.41. The number of halogens is 1. The number of morpholine rings is 1. The van der Waals surface area contributed by atoms with Crippen molar-refractivity contribution in [3.63, 3.8) is 0 Å². The fourth-order valence-corrected chi connectivity index (χ4v) is 4.27. The van der Waals surface area contributed by atoms with Crippen molar-refractivity contribution in [3.8, 4) is 11.4 Å². The highest BCUT2D eigenvalue weighted by molar-refractivity contribution is 7.89. The number of anilines is 3. The summed E-state index contributed by atoms with van der Waals surface area (Å²) in [6.45, 7) is 3.71. The number of aryl methyl sites for hydroxylation is 1. The standard InChI is InChI=1S/C25H27FN6O5S/c1-16-22(26)24(32-11-13-37-14-12-32)30-23(27-16)18-5-9-20(10-6-18)29-25(34)28-19-7-3-17(4-8-19)15-21(33)31-38(2,35)36/h3-10H,11-15H2,1-2H3,(H,31,33)(H2,28,29,34). The number of rotatable bonds is 7. The summed E-state index contributed by atoms with van der Waals surface area (Å²) >= 11 is 0. The molecule has 4 rings (SSSR count). The molecule has 1 fully saturated rings. The molecule has 0 saturated carbocycles. The summed E-state index contributed by atoms with van der Waals surface area (Å²) in [4.78, 5) is 34.7. The zero-order valence-corrected chi connectivity index (χ0v) is 21.6. The summed E-state index contributed by atoms with van der Waals surface area (Å²) in [5.74, 6) is -0.463. The fraction of sp³-hybridized carbons (Fsp3) is 0.280. The Labute approximate surface area is 219 Å². The third kappa shape index (κ3) is 7.23. The largest absolute Gasteiger partial charge is 0.378 e. The average Bonchev–Trinajstić information content (AvgIpc) is 2.86. The van der Waals surface area contributed by atoms with Gasteiger partial charge in [-0.05, 0) is 48.9 Å². The fourth-order valence-electron chi connectivity index (χ4n) is 3.79. The number of urea groups is 1. The molecule has 38 heavy (non-hydrogen) atoms. The molecule has 1 aromatic heterocycles. The van der Waals surface area contributed by atoms with Gasteiger partial charge in [-0.3, -0.25) is 9.52 Å². The van der Waals surface area contributed by atoms with Crippen LogP contribution in [0.4, 0.5) is 26.4 Å². The molecule has 3 amide bonds. The minimum absolute atomic E-state index is 0.114. The molecule has 1 aliphatic heterocycles. The van der Waals surface area contributed by atoms with E-state index in [1.54, 1.807) is 55.5 Å². The van der Waals surface area contributed by atoms with E-state index in [-0.39, 0.29) is 17.9 Å². The van der Waals surface area contributed by atoms with Crippen molar-refractivity contribution < 1.29 is 27.1 Å². The second kappa shape index (κ2) is 11.5. The van der Waals surface area contributed by atoms with E-state index >= 15 is 0 Å². The molecule has 0 radical (unpaired) electrons. The molecule has 200 valence electrons. The lowest BCUT2D eigenvalue weighted by molar-refractivity contribution is -0.118. The number of hydrogen-bond acceptors (Lipinski definition) is 8. The Morgan fingerprint density at radius 1 is 0.974 bits per heavy atom. The molecular weight excluding hydrogens is 515 g/mol. The molecule has 1 aliphatic rings. The molecule has 0 atom stereocenters. The first kappa shape index (κ1) is 26.9. The molecule has 2 aromatic carbocycles. The molecule has 3 aromatic rings. The lowest BCUT2D eigenvalue weighted by Gasteiger charge is -2.28. The second-order valence-electron chi connectivity index (χ2n) is 8.70. The maximum absolute atomic E-state index is 14.7. The molecule has 13 heteroatoms. The van der Waals surface area contributed by atoms with E-state index in [2.05, 4.69) is 20.6 Å². The Morgan fingerprint density at radius 3 is 2.13 bits per heavy atom. The third-order valence-corrected chi connectivity index (χ3v) is 6.19. The molecule has 0 spiro atoms. The van der Waals surface area contributed by atoms with Crippen LogP contribution in [0.15, 0.2) is 48.5 Å². The zero-order chi connectivity index (χ0) is 27.3. The van der Waals surface area contributed by atoms with Crippen molar-refractivity contribution >= 4 is 39.2 Å². The van der Waals surface area contributed by atoms with Gasteiger partial charge in [0.15, 0.2) is 17.5 Å². The van der Waals surface area contributed by atoms with Crippen LogP contribution in [0.5, 0.6) is 0 Å². The van der Waals surface area contributed by atoms with Gasteiger partial charge in [-0.25, -0.2) is 27.6 Å². The van der Waals surface area contributed by atoms with Gasteiger partial charge >= 0.3 is 6.03 Å². The number of ether oxygens (including phenoxy) is 1. The molecular formula is C25H27FN6O5S. The summed E-state index contributed by atoms with van der Waals surface area (Å²) in [7, 11) is -3.62. The molecule has 2 heterocycles. The monoisotopic (exact) mass is 542 g/mol. The lowest BCUT2D eigenvalue weighted by atomic mass is 10.1. The highest BCUT2D eigenvalue weighted by Gasteiger charge is 2.20. The van der Waals surface area contributed by atoms with Crippen LogP contribution in [0.2, 0.25) is 0 Å². The van der Waals surface area contributed by atoms with Gasteiger partial charge in [0.2, 0.25) is 15.9 Å². The lowest BCUT2D eigenvalue weighted by Crippen LogP contribution is -2.37. The van der Waals surface area contributed by atoms with Gasteiger partial charge in [0.25, 0.3) is 0 Å². The number of benzene rings is 2. The highest BCUT2D eigenvalue weighted by atomic mass is 32.2. The number of sulfonamides is 1. The van der Waals surface area contributed by atoms with Gasteiger partial charge in [-0.15, -0.1) is 0 Å². The average molecular weight is 543 g/mol. The number of hydrogen-bond donors (Lipinski definition) is 3. The Morgan fingerprint density at radius 2 is 1.55 bits per heavy atom. The summed E-state index contributed by atoms with van der Waals surface area (Å²) in [6, 6.07) is 12.8. The first-order valence-electron chi connectivity index (χ1n) is 11.7. The maximum atomic E-state index is 14.7. The van der Waals surface area contributed by atoms with Crippen molar-refractivity contribution in [2.75, 3.05) is 48.1 Å². The van der Waals surface area contributed by atoms with Gasteiger partial charge in [0, 0.05) is 30.0 Å². The van der Waals surface area contributed by atoms with E-state index in [1.807, 2.05) is 9.62 Å². The summed E-state index contributed by atoms with van der Waals surface area (Å²) in [5.41, 5.74) is 2.51. The molecule has 3 N–H and O–H groups in total. The number of aromatic nitrogens is 2. The van der Waals surface area contributed by atoms with Crippen molar-refractivity contribution in [2.24, 2.45) is 0 Å². The first-order valence-corrected chi connectivity index (χ1v) is 13.6. The van der Waals surface area contributed by atoms with Crippen LogP contribution in [0.25, 0.3) is 11.4 Å². The predicted molar refractivity (Wildman–Crippen MR) is 141 cm³/mol. The predicted octanol–water partition coefficient (Wildman–Crippen LogP) is 2.69. The molecule has 0 aliphatic carbocycles. The maximum Gasteiger partial charge on any atom is 0.323 e. The number of amides is 3. The van der Waals surface area contributed by atoms with E-state index < -0.39 is 27.8 Å². The van der Waals surface area contributed by atoms with E-state index in [0.29, 0.717) is 54.6 Å². The van der Waals surface area contributed by atoms with Gasteiger partial charge in [-0.2, -0.15) is 0 Å². The van der Waals surface area contributed by atoms with Gasteiger partial charge in [-0.1, -0.05) is 12.1 Å². The van der Waals surface area contributed by atoms with Gasteiger partial charge in [0.1, 0.15) is 0 Å². The summed E-state index contributed by atoms with van der Waals surface area (Å²) in [6.07, 6.45) is 0.793. The van der Waals surface area contributed by atoms with Crippen LogP contribution >= 0.6 is 0 Å². The van der Waals surface area contributed by atoms with E-state index in [4.69, 9.17) is 4.74 Å². The van der Waals surface area contributed by atoms with Crippen molar-refractivity contribution in [3.05, 3.63) is 65.6 Å². The minimum Gasteiger partial charge on any atom is -0.378 e. The number of carbonyl (C=O) groups excluding carboxylic acids is 2. The van der Waals surface area contributed by atoms with Crippen molar-refractivity contribution in [1.29, 1.82) is 0 Å². The number of nitrogens with zero attached hydrogens (tertiary/aromatic N) is 3. The quantitative estimate of drug-likeness (QED) is 0.414. The summed E-state index contributed by atoms with van der Waals surface area (Å²) < 4.78 is 44.2. The van der Waals surface area contributed by atoms with Crippen LogP contribution in [0, 0.1) is 12.7 Å². The molecule has 0 bridgehead atoms.